The lowest BCUT2D eigenvalue weighted by Gasteiger charge is -2.24. The molecule has 0 saturated heterocycles. The van der Waals surface area contributed by atoms with Gasteiger partial charge in [-0.15, -0.1) is 0 Å². The fraction of sp³-hybridized carbons (Fsp3) is 0.333. The van der Waals surface area contributed by atoms with Crippen LogP contribution in [0.5, 0.6) is 0 Å². The molecule has 1 N–H and O–H groups in total. The van der Waals surface area contributed by atoms with E-state index in [0.717, 1.165) is 40.8 Å². The van der Waals surface area contributed by atoms with Gasteiger partial charge in [0.1, 0.15) is 0 Å². The van der Waals surface area contributed by atoms with Crippen molar-refractivity contribution in [2.45, 2.75) is 25.3 Å². The van der Waals surface area contributed by atoms with Crippen molar-refractivity contribution in [1.82, 2.24) is 15.3 Å². The van der Waals surface area contributed by atoms with E-state index in [-0.39, 0.29) is 0 Å². The average molecular weight is 353 g/mol. The van der Waals surface area contributed by atoms with Crippen molar-refractivity contribution in [2.24, 2.45) is 0 Å². The lowest BCUT2D eigenvalue weighted by molar-refractivity contribution is 0.488. The van der Waals surface area contributed by atoms with Gasteiger partial charge in [-0.25, -0.2) is 9.97 Å². The third kappa shape index (κ3) is 2.60. The van der Waals surface area contributed by atoms with E-state index in [0.29, 0.717) is 11.1 Å². The van der Waals surface area contributed by atoms with Gasteiger partial charge in [0.15, 0.2) is 5.82 Å². The number of rotatable bonds is 2. The highest BCUT2D eigenvalue weighted by Crippen LogP contribution is 2.32. The highest BCUT2D eigenvalue weighted by Gasteiger charge is 2.21. The molecule has 3 nitrogen and oxygen atoms in total. The summed E-state index contributed by atoms with van der Waals surface area (Å²) in [6, 6.07) is 6.04. The molecular weight excluding hydrogens is 338 g/mol. The van der Waals surface area contributed by atoms with Crippen LogP contribution in [0.1, 0.15) is 30.1 Å². The number of halogens is 2. The van der Waals surface area contributed by atoms with Crippen molar-refractivity contribution >= 4 is 27.5 Å². The van der Waals surface area contributed by atoms with E-state index in [1.807, 2.05) is 31.4 Å². The zero-order valence-electron chi connectivity index (χ0n) is 11.2. The highest BCUT2D eigenvalue weighted by atomic mass is 79.9. The quantitative estimate of drug-likeness (QED) is 0.882. The summed E-state index contributed by atoms with van der Waals surface area (Å²) in [5, 5.41) is 4.02. The summed E-state index contributed by atoms with van der Waals surface area (Å²) >= 11 is 9.61. The predicted octanol–water partition coefficient (Wildman–Crippen LogP) is 4.16. The second-order valence-electron chi connectivity index (χ2n) is 4.95. The normalized spacial score (nSPS) is 17.9. The fourth-order valence-corrected chi connectivity index (χ4v) is 3.24. The maximum atomic E-state index is 6.07. The lowest BCUT2D eigenvalue weighted by atomic mass is 9.92. The van der Waals surface area contributed by atoms with Crippen LogP contribution in [0.3, 0.4) is 0 Å². The van der Waals surface area contributed by atoms with Crippen LogP contribution in [-0.2, 0) is 6.42 Å². The molecular formula is C15H15BrClN3. The minimum atomic E-state index is 0.371. The monoisotopic (exact) mass is 351 g/mol. The van der Waals surface area contributed by atoms with Crippen molar-refractivity contribution in [2.75, 3.05) is 7.05 Å². The SMILES string of the molecule is CNC1CCCc2nc(-c3cc(Cl)ccc3Br)ncc21. The molecule has 5 heteroatoms. The molecule has 0 saturated carbocycles. The van der Waals surface area contributed by atoms with Crippen LogP contribution in [0.2, 0.25) is 5.02 Å². The van der Waals surface area contributed by atoms with E-state index in [9.17, 15) is 0 Å². The van der Waals surface area contributed by atoms with Crippen molar-refractivity contribution in [1.29, 1.82) is 0 Å². The Balaban J connectivity index is 2.06. The standard InChI is InChI=1S/C15H15BrClN3/c1-18-13-3-2-4-14-11(13)8-19-15(20-14)10-7-9(17)5-6-12(10)16/h5-8,13,18H,2-4H2,1H3. The third-order valence-corrected chi connectivity index (χ3v) is 4.63. The summed E-state index contributed by atoms with van der Waals surface area (Å²) in [6.45, 7) is 0. The van der Waals surface area contributed by atoms with Crippen molar-refractivity contribution in [3.05, 3.63) is 45.1 Å². The number of nitrogens with zero attached hydrogens (tertiary/aromatic N) is 2. The summed E-state index contributed by atoms with van der Waals surface area (Å²) in [5.74, 6) is 0.731. The number of aromatic nitrogens is 2. The van der Waals surface area contributed by atoms with E-state index in [2.05, 4.69) is 26.2 Å². The molecule has 1 aromatic heterocycles. The Hall–Kier alpha value is -0.970. The largest absolute Gasteiger partial charge is 0.313 e. The van der Waals surface area contributed by atoms with E-state index in [1.165, 1.54) is 5.56 Å². The summed E-state index contributed by atoms with van der Waals surface area (Å²) < 4.78 is 0.961. The van der Waals surface area contributed by atoms with Gasteiger partial charge in [-0.3, -0.25) is 0 Å². The molecule has 1 atom stereocenters. The van der Waals surface area contributed by atoms with Crippen LogP contribution in [0.4, 0.5) is 0 Å². The van der Waals surface area contributed by atoms with Crippen molar-refractivity contribution < 1.29 is 0 Å². The minimum absolute atomic E-state index is 0.371. The number of nitrogens with one attached hydrogen (secondary N) is 1. The smallest absolute Gasteiger partial charge is 0.160 e. The molecule has 0 aliphatic heterocycles. The molecule has 3 rings (SSSR count). The molecule has 1 heterocycles. The number of aryl methyl sites for hydroxylation is 1. The molecule has 0 radical (unpaired) electrons. The van der Waals surface area contributed by atoms with Gasteiger partial charge in [-0.05, 0) is 44.5 Å². The molecule has 2 aromatic rings. The highest BCUT2D eigenvalue weighted by molar-refractivity contribution is 9.10. The van der Waals surface area contributed by atoms with Crippen molar-refractivity contribution in [3.8, 4) is 11.4 Å². The Morgan fingerprint density at radius 3 is 3.05 bits per heavy atom. The van der Waals surface area contributed by atoms with Crippen LogP contribution in [0.15, 0.2) is 28.9 Å². The Labute approximate surface area is 131 Å². The molecule has 20 heavy (non-hydrogen) atoms. The first kappa shape index (κ1) is 14.0. The van der Waals surface area contributed by atoms with Gasteiger partial charge in [0.25, 0.3) is 0 Å². The molecule has 1 aromatic carbocycles. The Morgan fingerprint density at radius 1 is 1.40 bits per heavy atom. The maximum absolute atomic E-state index is 6.07. The fourth-order valence-electron chi connectivity index (χ4n) is 2.65. The number of fused-ring (bicyclic) bond motifs is 1. The molecule has 104 valence electrons. The van der Waals surface area contributed by atoms with E-state index >= 15 is 0 Å². The van der Waals surface area contributed by atoms with E-state index in [4.69, 9.17) is 16.6 Å². The van der Waals surface area contributed by atoms with Gasteiger partial charge in [-0.2, -0.15) is 0 Å². The molecule has 0 amide bonds. The predicted molar refractivity (Wildman–Crippen MR) is 84.9 cm³/mol. The molecule has 1 unspecified atom stereocenters. The molecule has 0 bridgehead atoms. The molecule has 0 fully saturated rings. The first-order valence-electron chi connectivity index (χ1n) is 6.67. The van der Waals surface area contributed by atoms with Crippen molar-refractivity contribution in [3.63, 3.8) is 0 Å². The molecule has 0 spiro atoms. The zero-order chi connectivity index (χ0) is 14.1. The first-order valence-corrected chi connectivity index (χ1v) is 7.84. The average Bonchev–Trinajstić information content (AvgIpc) is 2.48. The minimum Gasteiger partial charge on any atom is -0.313 e. The van der Waals surface area contributed by atoms with E-state index < -0.39 is 0 Å². The lowest BCUT2D eigenvalue weighted by Crippen LogP contribution is -2.22. The van der Waals surface area contributed by atoms with Gasteiger partial charge in [0.05, 0.1) is 0 Å². The maximum Gasteiger partial charge on any atom is 0.160 e. The first-order chi connectivity index (χ1) is 9.69. The van der Waals surface area contributed by atoms with Gasteiger partial charge in [0.2, 0.25) is 0 Å². The summed E-state index contributed by atoms with van der Waals surface area (Å²) in [7, 11) is 1.99. The number of hydrogen-bond acceptors (Lipinski definition) is 3. The third-order valence-electron chi connectivity index (χ3n) is 3.70. The van der Waals surface area contributed by atoms with Gasteiger partial charge < -0.3 is 5.32 Å². The topological polar surface area (TPSA) is 37.8 Å². The summed E-state index contributed by atoms with van der Waals surface area (Å²) in [6.07, 6.45) is 5.27. The van der Waals surface area contributed by atoms with Crippen LogP contribution in [0.25, 0.3) is 11.4 Å². The Morgan fingerprint density at radius 2 is 2.25 bits per heavy atom. The Kier molecular flexibility index (Phi) is 4.06. The number of benzene rings is 1. The van der Waals surface area contributed by atoms with Crippen LogP contribution in [0, 0.1) is 0 Å². The van der Waals surface area contributed by atoms with E-state index in [1.54, 1.807) is 0 Å². The molecule has 1 aliphatic carbocycles. The summed E-state index contributed by atoms with van der Waals surface area (Å²) in [4.78, 5) is 9.27. The van der Waals surface area contributed by atoms with Gasteiger partial charge in [-0.1, -0.05) is 27.5 Å². The molecule has 1 aliphatic rings. The van der Waals surface area contributed by atoms with Gasteiger partial charge in [0, 0.05) is 38.6 Å². The summed E-state index contributed by atoms with van der Waals surface area (Å²) in [5.41, 5.74) is 3.31. The second kappa shape index (κ2) is 5.80. The zero-order valence-corrected chi connectivity index (χ0v) is 13.5. The van der Waals surface area contributed by atoms with Gasteiger partial charge >= 0.3 is 0 Å². The number of hydrogen-bond donors (Lipinski definition) is 1. The van der Waals surface area contributed by atoms with Crippen LogP contribution in [-0.4, -0.2) is 17.0 Å². The Bertz CT molecular complexity index is 645. The van der Waals surface area contributed by atoms with Crippen LogP contribution < -0.4 is 5.32 Å². The van der Waals surface area contributed by atoms with Crippen LogP contribution >= 0.6 is 27.5 Å². The second-order valence-corrected chi connectivity index (χ2v) is 6.24.